The highest BCUT2D eigenvalue weighted by molar-refractivity contribution is 5.88. The summed E-state index contributed by atoms with van der Waals surface area (Å²) in [6.07, 6.45) is 1.85. The molecule has 172 valence electrons. The summed E-state index contributed by atoms with van der Waals surface area (Å²) >= 11 is 0. The van der Waals surface area contributed by atoms with Gasteiger partial charge in [0.2, 0.25) is 11.8 Å². The Hall–Kier alpha value is -3.44. The van der Waals surface area contributed by atoms with Gasteiger partial charge in [-0.15, -0.1) is 0 Å². The van der Waals surface area contributed by atoms with Crippen LogP contribution in [0.2, 0.25) is 0 Å². The van der Waals surface area contributed by atoms with Gasteiger partial charge in [0.15, 0.2) is 0 Å². The molecule has 0 aromatic heterocycles. The Kier molecular flexibility index (Phi) is 9.67. The zero-order chi connectivity index (χ0) is 23.3. The minimum atomic E-state index is -0.644. The second-order valence-electron chi connectivity index (χ2n) is 8.07. The molecule has 3 aromatic carbocycles. The van der Waals surface area contributed by atoms with Crippen LogP contribution in [0, 0.1) is 0 Å². The SMILES string of the molecule is O=C(NCCCO)C(Cc1ccccc1)N(Cc1ccccc1)C(=O)CCc1ccccc1. The molecule has 5 nitrogen and oxygen atoms in total. The van der Waals surface area contributed by atoms with Crippen molar-refractivity contribution < 1.29 is 14.7 Å². The van der Waals surface area contributed by atoms with E-state index in [4.69, 9.17) is 5.11 Å². The number of nitrogens with one attached hydrogen (secondary N) is 1. The van der Waals surface area contributed by atoms with Gasteiger partial charge in [0.25, 0.3) is 0 Å². The van der Waals surface area contributed by atoms with E-state index in [0.717, 1.165) is 16.7 Å². The van der Waals surface area contributed by atoms with Crippen molar-refractivity contribution in [1.82, 2.24) is 10.2 Å². The lowest BCUT2D eigenvalue weighted by molar-refractivity contribution is -0.141. The number of rotatable bonds is 12. The Balaban J connectivity index is 1.85. The van der Waals surface area contributed by atoms with Gasteiger partial charge in [0.05, 0.1) is 0 Å². The maximum absolute atomic E-state index is 13.5. The highest BCUT2D eigenvalue weighted by Crippen LogP contribution is 2.17. The lowest BCUT2D eigenvalue weighted by Crippen LogP contribution is -2.50. The van der Waals surface area contributed by atoms with E-state index in [1.54, 1.807) is 4.90 Å². The van der Waals surface area contributed by atoms with Gasteiger partial charge in [0.1, 0.15) is 6.04 Å². The number of aliphatic hydroxyl groups is 1. The summed E-state index contributed by atoms with van der Waals surface area (Å²) in [5.41, 5.74) is 3.07. The van der Waals surface area contributed by atoms with Crippen molar-refractivity contribution in [3.8, 4) is 0 Å². The molecule has 0 saturated carbocycles. The lowest BCUT2D eigenvalue weighted by Gasteiger charge is -2.31. The molecule has 2 N–H and O–H groups in total. The predicted octanol–water partition coefficient (Wildman–Crippen LogP) is 3.76. The molecule has 0 aliphatic carbocycles. The Labute approximate surface area is 196 Å². The zero-order valence-electron chi connectivity index (χ0n) is 18.9. The van der Waals surface area contributed by atoms with Gasteiger partial charge in [-0.3, -0.25) is 9.59 Å². The molecule has 0 aliphatic rings. The van der Waals surface area contributed by atoms with E-state index in [1.165, 1.54) is 0 Å². The third kappa shape index (κ3) is 7.88. The number of aliphatic hydroxyl groups excluding tert-OH is 1. The van der Waals surface area contributed by atoms with Gasteiger partial charge in [0, 0.05) is 32.5 Å². The first-order valence-corrected chi connectivity index (χ1v) is 11.5. The Morgan fingerprint density at radius 3 is 1.91 bits per heavy atom. The fourth-order valence-electron chi connectivity index (χ4n) is 3.78. The molecular weight excluding hydrogens is 412 g/mol. The summed E-state index contributed by atoms with van der Waals surface area (Å²) in [5.74, 6) is -0.253. The molecule has 1 atom stereocenters. The smallest absolute Gasteiger partial charge is 0.243 e. The van der Waals surface area contributed by atoms with E-state index in [-0.39, 0.29) is 18.4 Å². The molecular formula is C28H32N2O3. The predicted molar refractivity (Wildman–Crippen MR) is 130 cm³/mol. The summed E-state index contributed by atoms with van der Waals surface area (Å²) in [6.45, 7) is 0.741. The second-order valence-corrected chi connectivity index (χ2v) is 8.07. The lowest BCUT2D eigenvalue weighted by atomic mass is 10.0. The largest absolute Gasteiger partial charge is 0.396 e. The summed E-state index contributed by atoms with van der Waals surface area (Å²) < 4.78 is 0. The average Bonchev–Trinajstić information content (AvgIpc) is 2.86. The minimum absolute atomic E-state index is 0.00731. The average molecular weight is 445 g/mol. The van der Waals surface area contributed by atoms with Crippen molar-refractivity contribution in [2.45, 2.75) is 38.3 Å². The van der Waals surface area contributed by atoms with Gasteiger partial charge in [-0.1, -0.05) is 91.0 Å². The molecule has 0 heterocycles. The molecule has 0 spiro atoms. The minimum Gasteiger partial charge on any atom is -0.396 e. The van der Waals surface area contributed by atoms with Crippen molar-refractivity contribution in [3.63, 3.8) is 0 Å². The standard InChI is InChI=1S/C28H32N2O3/c31-20-10-19-29-28(33)26(21-24-13-6-2-7-14-24)30(22-25-15-8-3-9-16-25)27(32)18-17-23-11-4-1-5-12-23/h1-9,11-16,26,31H,10,17-22H2,(H,29,33). The van der Waals surface area contributed by atoms with Crippen molar-refractivity contribution in [2.75, 3.05) is 13.2 Å². The molecule has 33 heavy (non-hydrogen) atoms. The van der Waals surface area contributed by atoms with Crippen LogP contribution in [-0.4, -0.2) is 41.0 Å². The van der Waals surface area contributed by atoms with Crippen LogP contribution in [0.1, 0.15) is 29.5 Å². The third-order valence-corrected chi connectivity index (χ3v) is 5.57. The van der Waals surface area contributed by atoms with E-state index < -0.39 is 6.04 Å². The normalized spacial score (nSPS) is 11.5. The summed E-state index contributed by atoms with van der Waals surface area (Å²) in [6, 6.07) is 28.8. The number of amides is 2. The fraction of sp³-hybridized carbons (Fsp3) is 0.286. The number of aryl methyl sites for hydroxylation is 1. The first kappa shape index (κ1) is 24.2. The second kappa shape index (κ2) is 13.2. The van der Waals surface area contributed by atoms with Crippen LogP contribution in [0.5, 0.6) is 0 Å². The van der Waals surface area contributed by atoms with Crippen LogP contribution in [0.15, 0.2) is 91.0 Å². The van der Waals surface area contributed by atoms with Gasteiger partial charge >= 0.3 is 0 Å². The fourth-order valence-corrected chi connectivity index (χ4v) is 3.78. The molecule has 0 radical (unpaired) electrons. The van der Waals surface area contributed by atoms with Crippen LogP contribution in [0.3, 0.4) is 0 Å². The first-order valence-electron chi connectivity index (χ1n) is 11.5. The number of hydrogen-bond donors (Lipinski definition) is 2. The molecule has 3 aromatic rings. The molecule has 0 saturated heterocycles. The molecule has 0 bridgehead atoms. The number of carbonyl (C=O) groups excluding carboxylic acids is 2. The van der Waals surface area contributed by atoms with Crippen LogP contribution < -0.4 is 5.32 Å². The summed E-state index contributed by atoms with van der Waals surface area (Å²) in [4.78, 5) is 28.4. The Morgan fingerprint density at radius 1 is 0.788 bits per heavy atom. The first-order chi connectivity index (χ1) is 16.2. The number of hydrogen-bond acceptors (Lipinski definition) is 3. The van der Waals surface area contributed by atoms with Crippen molar-refractivity contribution in [1.29, 1.82) is 0 Å². The number of benzene rings is 3. The number of nitrogens with zero attached hydrogens (tertiary/aromatic N) is 1. The summed E-state index contributed by atoms with van der Waals surface area (Å²) in [7, 11) is 0. The number of carbonyl (C=O) groups is 2. The maximum atomic E-state index is 13.5. The molecule has 3 rings (SSSR count). The van der Waals surface area contributed by atoms with Crippen molar-refractivity contribution >= 4 is 11.8 Å². The van der Waals surface area contributed by atoms with Gasteiger partial charge in [-0.05, 0) is 29.5 Å². The Morgan fingerprint density at radius 2 is 1.33 bits per heavy atom. The van der Waals surface area contributed by atoms with Gasteiger partial charge in [-0.2, -0.15) is 0 Å². The molecule has 5 heteroatoms. The van der Waals surface area contributed by atoms with Gasteiger partial charge in [-0.25, -0.2) is 0 Å². The van der Waals surface area contributed by atoms with Crippen LogP contribution >= 0.6 is 0 Å². The third-order valence-electron chi connectivity index (χ3n) is 5.57. The van der Waals surface area contributed by atoms with Crippen LogP contribution in [-0.2, 0) is 29.0 Å². The van der Waals surface area contributed by atoms with E-state index in [0.29, 0.717) is 38.8 Å². The Bertz CT molecular complexity index is 978. The van der Waals surface area contributed by atoms with Gasteiger partial charge < -0.3 is 15.3 Å². The highest BCUT2D eigenvalue weighted by atomic mass is 16.3. The quantitative estimate of drug-likeness (QED) is 0.418. The highest BCUT2D eigenvalue weighted by Gasteiger charge is 2.30. The monoisotopic (exact) mass is 444 g/mol. The zero-order valence-corrected chi connectivity index (χ0v) is 18.9. The molecule has 0 aliphatic heterocycles. The molecule has 2 amide bonds. The van der Waals surface area contributed by atoms with Crippen LogP contribution in [0.4, 0.5) is 0 Å². The van der Waals surface area contributed by atoms with Crippen LogP contribution in [0.25, 0.3) is 0 Å². The van der Waals surface area contributed by atoms with E-state index >= 15 is 0 Å². The van der Waals surface area contributed by atoms with Crippen molar-refractivity contribution in [2.24, 2.45) is 0 Å². The summed E-state index contributed by atoms with van der Waals surface area (Å²) in [5, 5.41) is 12.0. The topological polar surface area (TPSA) is 69.6 Å². The van der Waals surface area contributed by atoms with E-state index in [9.17, 15) is 9.59 Å². The van der Waals surface area contributed by atoms with E-state index in [2.05, 4.69) is 5.32 Å². The molecule has 1 unspecified atom stereocenters. The van der Waals surface area contributed by atoms with Crippen molar-refractivity contribution in [3.05, 3.63) is 108 Å². The maximum Gasteiger partial charge on any atom is 0.243 e. The van der Waals surface area contributed by atoms with E-state index in [1.807, 2.05) is 91.0 Å². The molecule has 0 fully saturated rings.